The Morgan fingerprint density at radius 3 is 2.60 bits per heavy atom. The lowest BCUT2D eigenvalue weighted by Gasteiger charge is -2.27. The zero-order valence-electron chi connectivity index (χ0n) is 13.1. The van der Waals surface area contributed by atoms with Crippen LogP contribution in [0, 0.1) is 0 Å². The molecule has 0 bridgehead atoms. The summed E-state index contributed by atoms with van der Waals surface area (Å²) < 4.78 is 39.9. The summed E-state index contributed by atoms with van der Waals surface area (Å²) in [6.07, 6.45) is -1.04. The van der Waals surface area contributed by atoms with Gasteiger partial charge in [-0.1, -0.05) is 18.2 Å². The van der Waals surface area contributed by atoms with Crippen LogP contribution in [0.3, 0.4) is 0 Å². The summed E-state index contributed by atoms with van der Waals surface area (Å²) in [5.74, 6) is -0.367. The lowest BCUT2D eigenvalue weighted by molar-refractivity contribution is -0.140. The van der Waals surface area contributed by atoms with Crippen molar-refractivity contribution in [2.24, 2.45) is 0 Å². The number of aromatic nitrogens is 2. The first-order chi connectivity index (χ1) is 11.9. The zero-order chi connectivity index (χ0) is 18.0. The molecule has 0 spiro atoms. The number of amides is 1. The zero-order valence-corrected chi connectivity index (χ0v) is 13.1. The van der Waals surface area contributed by atoms with E-state index < -0.39 is 23.9 Å². The lowest BCUT2D eigenvalue weighted by atomic mass is 9.97. The first-order valence-electron chi connectivity index (χ1n) is 7.74. The molecule has 1 amide bonds. The van der Waals surface area contributed by atoms with E-state index >= 15 is 0 Å². The molecule has 1 aliphatic rings. The van der Waals surface area contributed by atoms with Gasteiger partial charge in [0, 0.05) is 18.9 Å². The summed E-state index contributed by atoms with van der Waals surface area (Å²) in [6, 6.07) is 4.35. The quantitative estimate of drug-likeness (QED) is 0.922. The van der Waals surface area contributed by atoms with Crippen LogP contribution in [-0.4, -0.2) is 38.5 Å². The molecular formula is C17H16F3N3O2. The Kier molecular flexibility index (Phi) is 4.71. The molecule has 0 unspecified atom stereocenters. The van der Waals surface area contributed by atoms with Crippen molar-refractivity contribution >= 4 is 5.91 Å². The van der Waals surface area contributed by atoms with Gasteiger partial charge in [-0.15, -0.1) is 0 Å². The maximum Gasteiger partial charge on any atom is 0.416 e. The number of aliphatic hydroxyl groups is 1. The summed E-state index contributed by atoms with van der Waals surface area (Å²) in [4.78, 5) is 21.5. The van der Waals surface area contributed by atoms with E-state index in [9.17, 15) is 23.1 Å². The second-order valence-corrected chi connectivity index (χ2v) is 5.96. The van der Waals surface area contributed by atoms with Crippen LogP contribution >= 0.6 is 0 Å². The third-order valence-electron chi connectivity index (χ3n) is 4.19. The molecule has 1 aromatic heterocycles. The van der Waals surface area contributed by atoms with Gasteiger partial charge in [-0.2, -0.15) is 13.2 Å². The minimum atomic E-state index is -4.52. The molecule has 0 saturated carbocycles. The van der Waals surface area contributed by atoms with Crippen molar-refractivity contribution in [3.8, 4) is 0 Å². The Bertz CT molecular complexity index is 752. The predicted molar refractivity (Wildman–Crippen MR) is 82.3 cm³/mol. The van der Waals surface area contributed by atoms with Crippen molar-refractivity contribution in [2.45, 2.75) is 31.2 Å². The molecule has 2 heterocycles. The van der Waals surface area contributed by atoms with Crippen LogP contribution in [0.25, 0.3) is 0 Å². The van der Waals surface area contributed by atoms with Crippen LogP contribution in [-0.2, 0) is 17.4 Å². The van der Waals surface area contributed by atoms with Gasteiger partial charge in [0.25, 0.3) is 0 Å². The molecule has 1 aromatic carbocycles. The standard InChI is InChI=1S/C17H16F3N3O2/c18-17(19,20)14-4-2-1-3-13(14)15-6-12(24)9-23(15)16(25)5-11-7-21-10-22-8-11/h1-4,7-8,10,12,15,24H,5-6,9H2/t12-,15+/m0/s1. The average molecular weight is 351 g/mol. The number of carbonyl (C=O) groups is 1. The fourth-order valence-electron chi connectivity index (χ4n) is 3.13. The van der Waals surface area contributed by atoms with E-state index in [1.807, 2.05) is 0 Å². The topological polar surface area (TPSA) is 66.3 Å². The van der Waals surface area contributed by atoms with E-state index in [4.69, 9.17) is 0 Å². The molecule has 1 N–H and O–H groups in total. The minimum absolute atomic E-state index is 0.00336. The third kappa shape index (κ3) is 3.79. The number of carbonyl (C=O) groups excluding carboxylic acids is 1. The molecule has 0 radical (unpaired) electrons. The lowest BCUT2D eigenvalue weighted by Crippen LogP contribution is -2.33. The molecule has 1 fully saturated rings. The SMILES string of the molecule is O=C(Cc1cncnc1)N1C[C@@H](O)C[C@@H]1c1ccccc1C(F)(F)F. The number of benzene rings is 1. The van der Waals surface area contributed by atoms with Gasteiger partial charge in [0.05, 0.1) is 24.1 Å². The highest BCUT2D eigenvalue weighted by Gasteiger charge is 2.41. The number of halogens is 3. The summed E-state index contributed by atoms with van der Waals surface area (Å²) in [5, 5.41) is 9.94. The Morgan fingerprint density at radius 2 is 1.92 bits per heavy atom. The Hall–Kier alpha value is -2.48. The highest BCUT2D eigenvalue weighted by molar-refractivity contribution is 5.79. The van der Waals surface area contributed by atoms with Crippen molar-refractivity contribution in [3.05, 3.63) is 59.7 Å². The molecule has 8 heteroatoms. The second-order valence-electron chi connectivity index (χ2n) is 5.96. The van der Waals surface area contributed by atoms with Gasteiger partial charge in [-0.3, -0.25) is 4.79 Å². The van der Waals surface area contributed by atoms with E-state index in [2.05, 4.69) is 9.97 Å². The van der Waals surface area contributed by atoms with Crippen molar-refractivity contribution in [1.29, 1.82) is 0 Å². The van der Waals surface area contributed by atoms with Crippen LogP contribution < -0.4 is 0 Å². The van der Waals surface area contributed by atoms with E-state index in [1.54, 1.807) is 0 Å². The molecule has 25 heavy (non-hydrogen) atoms. The van der Waals surface area contributed by atoms with Gasteiger partial charge < -0.3 is 10.0 Å². The molecular weight excluding hydrogens is 335 g/mol. The van der Waals surface area contributed by atoms with Crippen LogP contribution in [0.2, 0.25) is 0 Å². The number of likely N-dealkylation sites (tertiary alicyclic amines) is 1. The molecule has 132 valence electrons. The Morgan fingerprint density at radius 1 is 1.24 bits per heavy atom. The first kappa shape index (κ1) is 17.3. The maximum absolute atomic E-state index is 13.3. The van der Waals surface area contributed by atoms with E-state index in [-0.39, 0.29) is 30.9 Å². The van der Waals surface area contributed by atoms with Crippen molar-refractivity contribution in [2.75, 3.05) is 6.54 Å². The highest BCUT2D eigenvalue weighted by Crippen LogP contribution is 2.40. The Balaban J connectivity index is 1.89. The summed E-state index contributed by atoms with van der Waals surface area (Å²) in [6.45, 7) is 0.00336. The fourth-order valence-corrected chi connectivity index (χ4v) is 3.13. The smallest absolute Gasteiger partial charge is 0.391 e. The van der Waals surface area contributed by atoms with E-state index in [0.29, 0.717) is 5.56 Å². The second kappa shape index (κ2) is 6.79. The van der Waals surface area contributed by atoms with E-state index in [1.165, 1.54) is 41.8 Å². The molecule has 2 aromatic rings. The molecule has 1 aliphatic heterocycles. The van der Waals surface area contributed by atoms with Gasteiger partial charge >= 0.3 is 6.18 Å². The highest BCUT2D eigenvalue weighted by atomic mass is 19.4. The van der Waals surface area contributed by atoms with Crippen LogP contribution in [0.5, 0.6) is 0 Å². The number of hydrogen-bond acceptors (Lipinski definition) is 4. The maximum atomic E-state index is 13.3. The summed E-state index contributed by atoms with van der Waals surface area (Å²) in [7, 11) is 0. The van der Waals surface area contributed by atoms with E-state index in [0.717, 1.165) is 6.07 Å². The van der Waals surface area contributed by atoms with Crippen LogP contribution in [0.4, 0.5) is 13.2 Å². The normalized spacial score (nSPS) is 20.7. The fraction of sp³-hybridized carbons (Fsp3) is 0.353. The molecule has 1 saturated heterocycles. The molecule has 0 aliphatic carbocycles. The van der Waals surface area contributed by atoms with Crippen molar-refractivity contribution < 1.29 is 23.1 Å². The van der Waals surface area contributed by atoms with Crippen molar-refractivity contribution in [1.82, 2.24) is 14.9 Å². The Labute approximate surface area is 142 Å². The molecule has 2 atom stereocenters. The predicted octanol–water partition coefficient (Wildman–Crippen LogP) is 2.37. The summed E-state index contributed by atoms with van der Waals surface area (Å²) >= 11 is 0. The largest absolute Gasteiger partial charge is 0.416 e. The number of alkyl halides is 3. The van der Waals surface area contributed by atoms with Crippen LogP contribution in [0.15, 0.2) is 43.0 Å². The number of hydrogen-bond donors (Lipinski definition) is 1. The molecule has 5 nitrogen and oxygen atoms in total. The minimum Gasteiger partial charge on any atom is -0.391 e. The van der Waals surface area contributed by atoms with Crippen LogP contribution in [0.1, 0.15) is 29.2 Å². The van der Waals surface area contributed by atoms with Gasteiger partial charge in [-0.25, -0.2) is 9.97 Å². The number of β-amino-alcohol motifs (C(OH)–C–C–N with tert-alkyl or cyclic N) is 1. The monoisotopic (exact) mass is 351 g/mol. The third-order valence-corrected chi connectivity index (χ3v) is 4.19. The van der Waals surface area contributed by atoms with Crippen molar-refractivity contribution in [3.63, 3.8) is 0 Å². The molecule has 3 rings (SSSR count). The van der Waals surface area contributed by atoms with Gasteiger partial charge in [0.2, 0.25) is 5.91 Å². The summed E-state index contributed by atoms with van der Waals surface area (Å²) in [5.41, 5.74) is -0.212. The number of nitrogens with zero attached hydrogens (tertiary/aromatic N) is 3. The number of rotatable bonds is 3. The number of aliphatic hydroxyl groups excluding tert-OH is 1. The first-order valence-corrected chi connectivity index (χ1v) is 7.74. The average Bonchev–Trinajstić information content (AvgIpc) is 2.97. The van der Waals surface area contributed by atoms with Gasteiger partial charge in [-0.05, 0) is 23.6 Å². The van der Waals surface area contributed by atoms with Gasteiger partial charge in [0.15, 0.2) is 0 Å². The van der Waals surface area contributed by atoms with Gasteiger partial charge in [0.1, 0.15) is 6.33 Å².